The number of rotatable bonds is 4. The molecular formula is C27H34N2O4. The van der Waals surface area contributed by atoms with Crippen molar-refractivity contribution in [3.05, 3.63) is 53.6 Å². The Labute approximate surface area is 196 Å². The van der Waals surface area contributed by atoms with Gasteiger partial charge in [-0.3, -0.25) is 15.0 Å². The molecule has 1 aliphatic heterocycles. The standard InChI is InChI=1S/C27H34N2O4/c1-27(2,3)32-18-25(30)29-23-12-8-7-9-19(23)13-14-20-15-16-21(17-24(20)29)28-26(31)33-22-10-5-4-6-11-22/h7-9,12,15-17,22H,4-6,10-11,13-14,18H2,1-3H3,(H,28,31). The van der Waals surface area contributed by atoms with Crippen molar-refractivity contribution in [1.82, 2.24) is 0 Å². The Morgan fingerprint density at radius 1 is 0.970 bits per heavy atom. The quantitative estimate of drug-likeness (QED) is 0.607. The average Bonchev–Trinajstić information content (AvgIpc) is 2.94. The number of fused-ring (bicyclic) bond motifs is 2. The number of hydrogen-bond acceptors (Lipinski definition) is 4. The van der Waals surface area contributed by atoms with E-state index >= 15 is 0 Å². The van der Waals surface area contributed by atoms with Gasteiger partial charge >= 0.3 is 6.09 Å². The summed E-state index contributed by atoms with van der Waals surface area (Å²) >= 11 is 0. The molecule has 1 heterocycles. The van der Waals surface area contributed by atoms with Crippen molar-refractivity contribution < 1.29 is 19.1 Å². The first-order chi connectivity index (χ1) is 15.8. The largest absolute Gasteiger partial charge is 0.446 e. The van der Waals surface area contributed by atoms with E-state index in [1.165, 1.54) is 6.42 Å². The molecule has 0 bridgehead atoms. The molecule has 1 N–H and O–H groups in total. The lowest BCUT2D eigenvalue weighted by atomic mass is 9.98. The summed E-state index contributed by atoms with van der Waals surface area (Å²) in [4.78, 5) is 27.7. The van der Waals surface area contributed by atoms with Gasteiger partial charge in [0.15, 0.2) is 0 Å². The van der Waals surface area contributed by atoms with Gasteiger partial charge in [-0.25, -0.2) is 4.79 Å². The molecule has 0 atom stereocenters. The van der Waals surface area contributed by atoms with E-state index in [1.807, 2.05) is 57.2 Å². The lowest BCUT2D eigenvalue weighted by Gasteiger charge is -2.27. The number of carbonyl (C=O) groups excluding carboxylic acids is 2. The maximum Gasteiger partial charge on any atom is 0.411 e. The first-order valence-corrected chi connectivity index (χ1v) is 12.0. The first-order valence-electron chi connectivity index (χ1n) is 12.0. The van der Waals surface area contributed by atoms with Crippen LogP contribution in [0, 0.1) is 0 Å². The van der Waals surface area contributed by atoms with Crippen LogP contribution in [-0.2, 0) is 27.1 Å². The van der Waals surface area contributed by atoms with Gasteiger partial charge in [0.2, 0.25) is 0 Å². The van der Waals surface area contributed by atoms with Crippen LogP contribution in [0.1, 0.15) is 64.0 Å². The average molecular weight is 451 g/mol. The van der Waals surface area contributed by atoms with Crippen LogP contribution in [0.5, 0.6) is 0 Å². The maximum atomic E-state index is 13.4. The minimum Gasteiger partial charge on any atom is -0.446 e. The zero-order chi connectivity index (χ0) is 23.4. The molecule has 6 nitrogen and oxygen atoms in total. The van der Waals surface area contributed by atoms with Crippen LogP contribution in [0.3, 0.4) is 0 Å². The molecule has 1 aliphatic carbocycles. The van der Waals surface area contributed by atoms with E-state index in [-0.39, 0.29) is 18.6 Å². The summed E-state index contributed by atoms with van der Waals surface area (Å²) in [7, 11) is 0. The Bertz CT molecular complexity index is 1010. The lowest BCUT2D eigenvalue weighted by Crippen LogP contribution is -2.34. The van der Waals surface area contributed by atoms with Crippen LogP contribution in [0.2, 0.25) is 0 Å². The lowest BCUT2D eigenvalue weighted by molar-refractivity contribution is -0.127. The molecule has 1 fully saturated rings. The van der Waals surface area contributed by atoms with Gasteiger partial charge < -0.3 is 9.47 Å². The van der Waals surface area contributed by atoms with Crippen molar-refractivity contribution in [1.29, 1.82) is 0 Å². The van der Waals surface area contributed by atoms with Crippen molar-refractivity contribution in [2.75, 3.05) is 16.8 Å². The molecule has 1 saturated carbocycles. The number of aryl methyl sites for hydroxylation is 2. The van der Waals surface area contributed by atoms with Gasteiger partial charge in [-0.1, -0.05) is 30.7 Å². The molecule has 4 rings (SSSR count). The minimum atomic E-state index is -0.440. The van der Waals surface area contributed by atoms with E-state index in [4.69, 9.17) is 9.47 Å². The molecule has 2 aromatic carbocycles. The summed E-state index contributed by atoms with van der Waals surface area (Å²) < 4.78 is 11.4. The Kier molecular flexibility index (Phi) is 7.03. The van der Waals surface area contributed by atoms with Gasteiger partial charge in [-0.2, -0.15) is 0 Å². The fraction of sp³-hybridized carbons (Fsp3) is 0.481. The van der Waals surface area contributed by atoms with Crippen LogP contribution in [0.15, 0.2) is 42.5 Å². The fourth-order valence-electron chi connectivity index (χ4n) is 4.49. The van der Waals surface area contributed by atoms with Crippen LogP contribution < -0.4 is 10.2 Å². The normalized spacial score (nSPS) is 16.4. The Hall–Kier alpha value is -2.86. The van der Waals surface area contributed by atoms with Crippen LogP contribution in [0.25, 0.3) is 0 Å². The van der Waals surface area contributed by atoms with Crippen molar-refractivity contribution in [2.45, 2.75) is 77.4 Å². The van der Waals surface area contributed by atoms with E-state index in [9.17, 15) is 9.59 Å². The molecule has 33 heavy (non-hydrogen) atoms. The summed E-state index contributed by atoms with van der Waals surface area (Å²) in [6.45, 7) is 5.78. The minimum absolute atomic E-state index is 0.0147. The van der Waals surface area contributed by atoms with E-state index in [1.54, 1.807) is 4.90 Å². The molecule has 0 aromatic heterocycles. The number of amides is 2. The van der Waals surface area contributed by atoms with Gasteiger partial charge in [0, 0.05) is 5.69 Å². The predicted octanol–water partition coefficient (Wildman–Crippen LogP) is 6.15. The van der Waals surface area contributed by atoms with E-state index in [0.29, 0.717) is 5.69 Å². The molecule has 2 aliphatic rings. The van der Waals surface area contributed by atoms with Crippen LogP contribution in [-0.4, -0.2) is 30.3 Å². The number of ether oxygens (including phenoxy) is 2. The number of nitrogens with one attached hydrogen (secondary N) is 1. The van der Waals surface area contributed by atoms with E-state index < -0.39 is 11.7 Å². The van der Waals surface area contributed by atoms with Gasteiger partial charge in [-0.15, -0.1) is 0 Å². The van der Waals surface area contributed by atoms with Crippen LogP contribution in [0.4, 0.5) is 21.9 Å². The highest BCUT2D eigenvalue weighted by Gasteiger charge is 2.28. The third-order valence-corrected chi connectivity index (χ3v) is 6.17. The van der Waals surface area contributed by atoms with Crippen molar-refractivity contribution in [3.8, 4) is 0 Å². The highest BCUT2D eigenvalue weighted by atomic mass is 16.6. The molecule has 2 amide bonds. The van der Waals surface area contributed by atoms with Crippen molar-refractivity contribution in [2.24, 2.45) is 0 Å². The SMILES string of the molecule is CC(C)(C)OCC(=O)N1c2ccccc2CCc2ccc(NC(=O)OC3CCCCC3)cc21. The van der Waals surface area contributed by atoms with Crippen LogP contribution >= 0.6 is 0 Å². The third-order valence-electron chi connectivity index (χ3n) is 6.17. The van der Waals surface area contributed by atoms with Crippen molar-refractivity contribution >= 4 is 29.1 Å². The monoisotopic (exact) mass is 450 g/mol. The summed E-state index contributed by atoms with van der Waals surface area (Å²) in [5, 5.41) is 2.87. The molecular weight excluding hydrogens is 416 g/mol. The zero-order valence-electron chi connectivity index (χ0n) is 19.9. The second kappa shape index (κ2) is 9.96. The summed E-state index contributed by atoms with van der Waals surface area (Å²) in [5.74, 6) is -0.137. The Morgan fingerprint density at radius 2 is 1.67 bits per heavy atom. The number of benzene rings is 2. The van der Waals surface area contributed by atoms with E-state index in [0.717, 1.165) is 61.0 Å². The summed E-state index contributed by atoms with van der Waals surface area (Å²) in [6, 6.07) is 13.7. The molecule has 6 heteroatoms. The predicted molar refractivity (Wildman–Crippen MR) is 130 cm³/mol. The number of hydrogen-bond donors (Lipinski definition) is 1. The fourth-order valence-corrected chi connectivity index (χ4v) is 4.49. The molecule has 0 radical (unpaired) electrons. The highest BCUT2D eigenvalue weighted by Crippen LogP contribution is 2.38. The molecule has 0 saturated heterocycles. The molecule has 0 unspecified atom stereocenters. The Morgan fingerprint density at radius 3 is 2.39 bits per heavy atom. The van der Waals surface area contributed by atoms with Gasteiger partial charge in [0.1, 0.15) is 12.7 Å². The Balaban J connectivity index is 1.60. The van der Waals surface area contributed by atoms with Crippen molar-refractivity contribution in [3.63, 3.8) is 0 Å². The summed E-state index contributed by atoms with van der Waals surface area (Å²) in [5.41, 5.74) is 4.00. The first kappa shape index (κ1) is 23.3. The summed E-state index contributed by atoms with van der Waals surface area (Å²) in [6.07, 6.45) is 6.44. The molecule has 2 aromatic rings. The van der Waals surface area contributed by atoms with Gasteiger partial charge in [0.05, 0.1) is 17.0 Å². The second-order valence-corrected chi connectivity index (χ2v) is 9.89. The zero-order valence-corrected chi connectivity index (χ0v) is 19.9. The number of nitrogens with zero attached hydrogens (tertiary/aromatic N) is 1. The van der Waals surface area contributed by atoms with E-state index in [2.05, 4.69) is 11.4 Å². The topological polar surface area (TPSA) is 67.9 Å². The van der Waals surface area contributed by atoms with Gasteiger partial charge in [-0.05, 0) is 88.6 Å². The number of carbonyl (C=O) groups is 2. The molecule has 176 valence electrons. The second-order valence-electron chi connectivity index (χ2n) is 9.89. The highest BCUT2D eigenvalue weighted by molar-refractivity contribution is 6.03. The van der Waals surface area contributed by atoms with Gasteiger partial charge in [0.25, 0.3) is 5.91 Å². The third kappa shape index (κ3) is 5.93. The molecule has 0 spiro atoms. The number of para-hydroxylation sites is 1. The number of anilines is 3. The maximum absolute atomic E-state index is 13.4. The smallest absolute Gasteiger partial charge is 0.411 e.